The smallest absolute Gasteiger partial charge is 0.326 e. The summed E-state index contributed by atoms with van der Waals surface area (Å²) < 4.78 is 27.8. The average Bonchev–Trinajstić information content (AvgIpc) is 2.70. The summed E-state index contributed by atoms with van der Waals surface area (Å²) in [6.45, 7) is 1.80. The summed E-state index contributed by atoms with van der Waals surface area (Å²) in [6, 6.07) is -0.434. The first-order valence-electron chi connectivity index (χ1n) is 8.25. The molecule has 0 aromatic heterocycles. The molecule has 0 bridgehead atoms. The van der Waals surface area contributed by atoms with Gasteiger partial charge >= 0.3 is 5.97 Å². The van der Waals surface area contributed by atoms with Gasteiger partial charge in [0.2, 0.25) is 5.91 Å². The Hall–Kier alpha value is -1.64. The molecule has 0 radical (unpaired) electrons. The molecule has 2 saturated heterocycles. The maximum atomic E-state index is 12.0. The molecule has 0 spiro atoms. The van der Waals surface area contributed by atoms with Crippen LogP contribution >= 0.6 is 0 Å². The van der Waals surface area contributed by atoms with Crippen LogP contribution in [0.5, 0.6) is 0 Å². The highest BCUT2D eigenvalue weighted by Gasteiger charge is 2.31. The first kappa shape index (κ1) is 18.7. The fourth-order valence-electron chi connectivity index (χ4n) is 2.88. The van der Waals surface area contributed by atoms with Gasteiger partial charge in [0.15, 0.2) is 15.9 Å². The average molecular weight is 360 g/mol. The first-order valence-corrected chi connectivity index (χ1v) is 10.1. The zero-order chi connectivity index (χ0) is 17.7. The number of hydrogen-bond donors (Lipinski definition) is 1. The van der Waals surface area contributed by atoms with Crippen molar-refractivity contribution in [2.24, 2.45) is 0 Å². The van der Waals surface area contributed by atoms with Gasteiger partial charge in [-0.2, -0.15) is 0 Å². The van der Waals surface area contributed by atoms with Crippen molar-refractivity contribution in [3.63, 3.8) is 0 Å². The number of carbonyl (C=O) groups excluding carboxylic acids is 3. The number of hydrogen-bond acceptors (Lipinski definition) is 6. The molecule has 2 amide bonds. The van der Waals surface area contributed by atoms with Crippen LogP contribution in [0.1, 0.15) is 39.0 Å². The van der Waals surface area contributed by atoms with E-state index in [9.17, 15) is 22.8 Å². The molecule has 2 fully saturated rings. The topological polar surface area (TPSA) is 110 Å². The molecule has 0 saturated carbocycles. The zero-order valence-corrected chi connectivity index (χ0v) is 14.6. The molecule has 0 aliphatic carbocycles. The highest BCUT2D eigenvalue weighted by Crippen LogP contribution is 2.13. The van der Waals surface area contributed by atoms with Crippen LogP contribution in [0.2, 0.25) is 0 Å². The van der Waals surface area contributed by atoms with E-state index in [1.165, 1.54) is 11.8 Å². The van der Waals surface area contributed by atoms with Gasteiger partial charge in [-0.1, -0.05) is 6.42 Å². The minimum absolute atomic E-state index is 0.0587. The number of nitrogens with zero attached hydrogens (tertiary/aromatic N) is 1. The van der Waals surface area contributed by atoms with Crippen molar-refractivity contribution in [2.75, 3.05) is 24.6 Å². The standard InChI is InChI=1S/C15H24N2O6S/c1-11(15(20)16-12-6-8-24(21,22)10-12)23-14(19)9-17-7-4-2-3-5-13(17)18/h11-12H,2-10H2,1H3,(H,16,20)/t11-,12-/m1/s1. The van der Waals surface area contributed by atoms with Crippen LogP contribution in [0.15, 0.2) is 0 Å². The van der Waals surface area contributed by atoms with Crippen molar-refractivity contribution in [3.05, 3.63) is 0 Å². The lowest BCUT2D eigenvalue weighted by Crippen LogP contribution is -2.44. The lowest BCUT2D eigenvalue weighted by atomic mass is 10.2. The molecule has 0 aromatic carbocycles. The highest BCUT2D eigenvalue weighted by molar-refractivity contribution is 7.91. The molecular weight excluding hydrogens is 336 g/mol. The third kappa shape index (κ3) is 5.47. The second kappa shape index (κ2) is 7.96. The minimum Gasteiger partial charge on any atom is -0.451 e. The molecule has 2 rings (SSSR count). The quantitative estimate of drug-likeness (QED) is 0.670. The number of rotatable bonds is 5. The monoisotopic (exact) mass is 360 g/mol. The molecule has 1 N–H and O–H groups in total. The van der Waals surface area contributed by atoms with E-state index in [-0.39, 0.29) is 24.0 Å². The van der Waals surface area contributed by atoms with Gasteiger partial charge in [-0.25, -0.2) is 8.42 Å². The summed E-state index contributed by atoms with van der Waals surface area (Å²) >= 11 is 0. The third-order valence-corrected chi connectivity index (χ3v) is 6.02. The van der Waals surface area contributed by atoms with Gasteiger partial charge in [0, 0.05) is 19.0 Å². The van der Waals surface area contributed by atoms with E-state index in [4.69, 9.17) is 4.74 Å². The molecule has 2 aliphatic heterocycles. The van der Waals surface area contributed by atoms with Gasteiger partial charge in [-0.15, -0.1) is 0 Å². The van der Waals surface area contributed by atoms with Crippen LogP contribution in [0.25, 0.3) is 0 Å². The second-order valence-corrected chi connectivity index (χ2v) is 8.60. The molecule has 2 heterocycles. The predicted molar refractivity (Wildman–Crippen MR) is 85.8 cm³/mol. The van der Waals surface area contributed by atoms with Crippen molar-refractivity contribution in [2.45, 2.75) is 51.2 Å². The Balaban J connectivity index is 1.78. The van der Waals surface area contributed by atoms with E-state index < -0.39 is 33.9 Å². The van der Waals surface area contributed by atoms with E-state index in [1.807, 2.05) is 0 Å². The number of nitrogens with one attached hydrogen (secondary N) is 1. The summed E-state index contributed by atoms with van der Waals surface area (Å²) in [5, 5.41) is 2.59. The van der Waals surface area contributed by atoms with Crippen LogP contribution in [-0.2, 0) is 29.0 Å². The van der Waals surface area contributed by atoms with Crippen LogP contribution in [0.3, 0.4) is 0 Å². The molecule has 136 valence electrons. The van der Waals surface area contributed by atoms with E-state index in [0.717, 1.165) is 19.3 Å². The summed E-state index contributed by atoms with van der Waals surface area (Å²) in [6.07, 6.45) is 2.41. The highest BCUT2D eigenvalue weighted by atomic mass is 32.2. The van der Waals surface area contributed by atoms with Crippen molar-refractivity contribution >= 4 is 27.6 Å². The summed E-state index contributed by atoms with van der Waals surface area (Å²) in [7, 11) is -3.09. The Morgan fingerprint density at radius 1 is 1.33 bits per heavy atom. The zero-order valence-electron chi connectivity index (χ0n) is 13.8. The lowest BCUT2D eigenvalue weighted by molar-refractivity contribution is -0.157. The number of esters is 1. The molecule has 9 heteroatoms. The van der Waals surface area contributed by atoms with Gasteiger partial charge in [0.25, 0.3) is 5.91 Å². The van der Waals surface area contributed by atoms with Crippen LogP contribution in [0.4, 0.5) is 0 Å². The Labute approximate surface area is 141 Å². The maximum absolute atomic E-state index is 12.0. The second-order valence-electron chi connectivity index (χ2n) is 6.37. The SMILES string of the molecule is C[C@@H](OC(=O)CN1CCCCCC1=O)C(=O)N[C@@H]1CCS(=O)(=O)C1. The largest absolute Gasteiger partial charge is 0.451 e. The third-order valence-electron chi connectivity index (χ3n) is 4.25. The molecule has 8 nitrogen and oxygen atoms in total. The number of ether oxygens (including phenoxy) is 1. The number of likely N-dealkylation sites (tertiary alicyclic amines) is 1. The lowest BCUT2D eigenvalue weighted by Gasteiger charge is -2.21. The Bertz CT molecular complexity index is 603. The predicted octanol–water partition coefficient (Wildman–Crippen LogP) is -0.376. The maximum Gasteiger partial charge on any atom is 0.326 e. The van der Waals surface area contributed by atoms with Gasteiger partial charge in [-0.3, -0.25) is 14.4 Å². The number of sulfone groups is 1. The summed E-state index contributed by atoms with van der Waals surface area (Å²) in [5.41, 5.74) is 0. The molecule has 0 aromatic rings. The van der Waals surface area contributed by atoms with Crippen LogP contribution < -0.4 is 5.32 Å². The van der Waals surface area contributed by atoms with Crippen molar-refractivity contribution in [3.8, 4) is 0 Å². The van der Waals surface area contributed by atoms with E-state index in [1.54, 1.807) is 0 Å². The van der Waals surface area contributed by atoms with Gasteiger partial charge < -0.3 is 15.0 Å². The molecule has 2 aliphatic rings. The molecule has 0 unspecified atom stereocenters. The normalized spacial score (nSPS) is 25.0. The van der Waals surface area contributed by atoms with Crippen molar-refractivity contribution < 1.29 is 27.5 Å². The molecule has 24 heavy (non-hydrogen) atoms. The van der Waals surface area contributed by atoms with Crippen LogP contribution in [-0.4, -0.2) is 67.8 Å². The minimum atomic E-state index is -3.09. The van der Waals surface area contributed by atoms with E-state index in [0.29, 0.717) is 19.4 Å². The van der Waals surface area contributed by atoms with Gasteiger partial charge in [-0.05, 0) is 26.2 Å². The van der Waals surface area contributed by atoms with E-state index >= 15 is 0 Å². The fraction of sp³-hybridized carbons (Fsp3) is 0.800. The van der Waals surface area contributed by atoms with Gasteiger partial charge in [0.1, 0.15) is 6.54 Å². The van der Waals surface area contributed by atoms with Crippen molar-refractivity contribution in [1.82, 2.24) is 10.2 Å². The Kier molecular flexibility index (Phi) is 6.20. The fourth-order valence-corrected chi connectivity index (χ4v) is 4.55. The number of amides is 2. The van der Waals surface area contributed by atoms with Crippen LogP contribution in [0, 0.1) is 0 Å². The van der Waals surface area contributed by atoms with Gasteiger partial charge in [0.05, 0.1) is 11.5 Å². The first-order chi connectivity index (χ1) is 11.3. The summed E-state index contributed by atoms with van der Waals surface area (Å²) in [4.78, 5) is 37.2. The molecular formula is C15H24N2O6S. The summed E-state index contributed by atoms with van der Waals surface area (Å²) in [5.74, 6) is -1.25. The Morgan fingerprint density at radius 2 is 2.08 bits per heavy atom. The Morgan fingerprint density at radius 3 is 2.75 bits per heavy atom. The number of carbonyl (C=O) groups is 3. The van der Waals surface area contributed by atoms with E-state index in [2.05, 4.69) is 5.32 Å². The molecule has 2 atom stereocenters. The van der Waals surface area contributed by atoms with Crippen molar-refractivity contribution in [1.29, 1.82) is 0 Å².